The van der Waals surface area contributed by atoms with Crippen LogP contribution >= 0.6 is 0 Å². The van der Waals surface area contributed by atoms with Crippen molar-refractivity contribution in [2.24, 2.45) is 0 Å². The van der Waals surface area contributed by atoms with Crippen LogP contribution in [0.2, 0.25) is 0 Å². The minimum absolute atomic E-state index is 0.0453. The van der Waals surface area contributed by atoms with Gasteiger partial charge in [-0.25, -0.2) is 4.98 Å². The maximum atomic E-state index is 12.1. The third-order valence-electron chi connectivity index (χ3n) is 3.18. The van der Waals surface area contributed by atoms with Crippen molar-refractivity contribution in [1.82, 2.24) is 9.97 Å². The third kappa shape index (κ3) is 3.55. The van der Waals surface area contributed by atoms with Crippen molar-refractivity contribution in [1.29, 1.82) is 0 Å². The lowest BCUT2D eigenvalue weighted by Gasteiger charge is -2.27. The van der Waals surface area contributed by atoms with Crippen LogP contribution in [0.25, 0.3) is 0 Å². The summed E-state index contributed by atoms with van der Waals surface area (Å²) in [7, 11) is -3.61. The van der Waals surface area contributed by atoms with Crippen molar-refractivity contribution in [2.45, 2.75) is 31.8 Å². The van der Waals surface area contributed by atoms with Crippen molar-refractivity contribution in [3.05, 3.63) is 36.8 Å². The number of hydrogen-bond acceptors (Lipinski definition) is 4. The van der Waals surface area contributed by atoms with Gasteiger partial charge in [-0.05, 0) is 45.0 Å². The fraction of sp³-hybridized carbons (Fsp3) is 0.357. The van der Waals surface area contributed by atoms with E-state index >= 15 is 0 Å². The van der Waals surface area contributed by atoms with Crippen LogP contribution in [-0.4, -0.2) is 31.0 Å². The normalized spacial score (nSPS) is 11.6. The Bertz CT molecular complexity index is 664. The molecule has 1 aromatic carbocycles. The van der Waals surface area contributed by atoms with E-state index in [9.17, 15) is 8.42 Å². The number of aromatic amines is 1. The Balaban J connectivity index is 2.17. The Kier molecular flexibility index (Phi) is 4.52. The van der Waals surface area contributed by atoms with Crippen LogP contribution in [0.4, 0.5) is 11.4 Å². The number of benzene rings is 1. The molecule has 0 atom stereocenters. The van der Waals surface area contributed by atoms with E-state index in [0.29, 0.717) is 11.7 Å². The molecule has 2 N–H and O–H groups in total. The number of H-pyrrole nitrogens is 1. The zero-order valence-electron chi connectivity index (χ0n) is 12.4. The number of rotatable bonds is 6. The molecule has 0 aliphatic carbocycles. The summed E-state index contributed by atoms with van der Waals surface area (Å²) < 4.78 is 26.6. The monoisotopic (exact) mass is 308 g/mol. The van der Waals surface area contributed by atoms with Crippen LogP contribution in [-0.2, 0) is 10.0 Å². The van der Waals surface area contributed by atoms with Crippen LogP contribution in [0.1, 0.15) is 20.8 Å². The van der Waals surface area contributed by atoms with Gasteiger partial charge in [-0.15, -0.1) is 0 Å². The highest BCUT2D eigenvalue weighted by Gasteiger charge is 2.15. The van der Waals surface area contributed by atoms with E-state index < -0.39 is 10.0 Å². The van der Waals surface area contributed by atoms with Crippen molar-refractivity contribution in [3.8, 4) is 0 Å². The van der Waals surface area contributed by atoms with Gasteiger partial charge in [-0.1, -0.05) is 0 Å². The van der Waals surface area contributed by atoms with Crippen molar-refractivity contribution in [2.75, 3.05) is 16.2 Å². The second-order valence-corrected chi connectivity index (χ2v) is 6.60. The predicted octanol–water partition coefficient (Wildman–Crippen LogP) is 2.45. The molecule has 0 aliphatic heterocycles. The molecule has 0 amide bonds. The molecule has 1 heterocycles. The molecule has 0 aliphatic rings. The summed E-state index contributed by atoms with van der Waals surface area (Å²) in [6.07, 6.45) is 2.60. The van der Waals surface area contributed by atoms with Crippen molar-refractivity contribution < 1.29 is 8.42 Å². The Morgan fingerprint density at radius 3 is 2.43 bits per heavy atom. The van der Waals surface area contributed by atoms with Crippen molar-refractivity contribution >= 4 is 21.4 Å². The van der Waals surface area contributed by atoms with Gasteiger partial charge in [0.25, 0.3) is 10.0 Å². The minimum atomic E-state index is -3.61. The molecule has 21 heavy (non-hydrogen) atoms. The second-order valence-electron chi connectivity index (χ2n) is 4.95. The number of imidazole rings is 1. The second kappa shape index (κ2) is 6.17. The SMILES string of the molecule is CCN(c1ccc(NS(=O)(=O)c2cnc[nH]2)cc1)C(C)C. The van der Waals surface area contributed by atoms with E-state index in [0.717, 1.165) is 12.2 Å². The van der Waals surface area contributed by atoms with Gasteiger partial charge in [0.05, 0.1) is 12.5 Å². The molecular weight excluding hydrogens is 288 g/mol. The van der Waals surface area contributed by atoms with Gasteiger partial charge in [0.1, 0.15) is 0 Å². The van der Waals surface area contributed by atoms with E-state index in [2.05, 4.69) is 40.4 Å². The van der Waals surface area contributed by atoms with Gasteiger partial charge in [-0.2, -0.15) is 8.42 Å². The molecule has 7 heteroatoms. The molecule has 2 rings (SSSR count). The summed E-state index contributed by atoms with van der Waals surface area (Å²) in [5.74, 6) is 0. The first-order valence-electron chi connectivity index (χ1n) is 6.82. The highest BCUT2D eigenvalue weighted by atomic mass is 32.2. The molecule has 0 saturated heterocycles. The molecule has 2 aromatic rings. The summed E-state index contributed by atoms with van der Waals surface area (Å²) in [5, 5.41) is 0.0453. The summed E-state index contributed by atoms with van der Waals surface area (Å²) in [6, 6.07) is 7.73. The van der Waals surface area contributed by atoms with Gasteiger partial charge >= 0.3 is 0 Å². The molecule has 0 radical (unpaired) electrons. The number of hydrogen-bond donors (Lipinski definition) is 2. The average molecular weight is 308 g/mol. The number of nitrogens with one attached hydrogen (secondary N) is 2. The molecule has 0 unspecified atom stereocenters. The molecule has 0 bridgehead atoms. The fourth-order valence-electron chi connectivity index (χ4n) is 2.17. The van der Waals surface area contributed by atoms with Gasteiger partial charge < -0.3 is 9.88 Å². The molecule has 6 nitrogen and oxygen atoms in total. The first-order chi connectivity index (χ1) is 9.94. The van der Waals surface area contributed by atoms with Crippen LogP contribution in [0.5, 0.6) is 0 Å². The Labute approximate surface area is 125 Å². The first kappa shape index (κ1) is 15.4. The fourth-order valence-corrected chi connectivity index (χ4v) is 3.13. The first-order valence-corrected chi connectivity index (χ1v) is 8.30. The molecule has 0 saturated carbocycles. The quantitative estimate of drug-likeness (QED) is 0.859. The Hall–Kier alpha value is -2.02. The summed E-state index contributed by atoms with van der Waals surface area (Å²) in [5.41, 5.74) is 1.59. The standard InChI is InChI=1S/C14H20N4O2S/c1-4-18(11(2)3)13-7-5-12(6-8-13)17-21(19,20)14-9-15-10-16-14/h5-11,17H,4H2,1-3H3,(H,15,16). The van der Waals surface area contributed by atoms with Gasteiger partial charge in [0, 0.05) is 24.0 Å². The number of nitrogens with zero attached hydrogens (tertiary/aromatic N) is 2. The van der Waals surface area contributed by atoms with Crippen LogP contribution in [0, 0.1) is 0 Å². The number of aromatic nitrogens is 2. The zero-order valence-corrected chi connectivity index (χ0v) is 13.2. The van der Waals surface area contributed by atoms with E-state index in [1.807, 2.05) is 12.1 Å². The van der Waals surface area contributed by atoms with E-state index in [4.69, 9.17) is 0 Å². The average Bonchev–Trinajstić information content (AvgIpc) is 2.95. The lowest BCUT2D eigenvalue weighted by Crippen LogP contribution is -2.30. The smallest absolute Gasteiger partial charge is 0.278 e. The maximum Gasteiger partial charge on any atom is 0.278 e. The van der Waals surface area contributed by atoms with Crippen LogP contribution in [0.15, 0.2) is 41.8 Å². The van der Waals surface area contributed by atoms with Gasteiger partial charge in [0.2, 0.25) is 0 Å². The lowest BCUT2D eigenvalue weighted by atomic mass is 10.2. The summed E-state index contributed by atoms with van der Waals surface area (Å²) >= 11 is 0. The molecule has 1 aromatic heterocycles. The van der Waals surface area contributed by atoms with Gasteiger partial charge in [0.15, 0.2) is 5.03 Å². The largest absolute Gasteiger partial charge is 0.369 e. The Morgan fingerprint density at radius 2 is 1.95 bits per heavy atom. The van der Waals surface area contributed by atoms with E-state index in [-0.39, 0.29) is 5.03 Å². The van der Waals surface area contributed by atoms with Crippen molar-refractivity contribution in [3.63, 3.8) is 0 Å². The topological polar surface area (TPSA) is 78.1 Å². The predicted molar refractivity (Wildman–Crippen MR) is 84.0 cm³/mol. The highest BCUT2D eigenvalue weighted by Crippen LogP contribution is 2.21. The number of sulfonamides is 1. The van der Waals surface area contributed by atoms with Gasteiger partial charge in [-0.3, -0.25) is 4.72 Å². The summed E-state index contributed by atoms with van der Waals surface area (Å²) in [4.78, 5) is 8.53. The molecule has 114 valence electrons. The third-order valence-corrected chi connectivity index (χ3v) is 4.48. The number of anilines is 2. The van der Waals surface area contributed by atoms with Crippen LogP contribution in [0.3, 0.4) is 0 Å². The maximum absolute atomic E-state index is 12.1. The van der Waals surface area contributed by atoms with E-state index in [1.165, 1.54) is 12.5 Å². The molecular formula is C14H20N4O2S. The Morgan fingerprint density at radius 1 is 1.29 bits per heavy atom. The summed E-state index contributed by atoms with van der Waals surface area (Å²) in [6.45, 7) is 7.24. The molecule has 0 spiro atoms. The minimum Gasteiger partial charge on any atom is -0.369 e. The van der Waals surface area contributed by atoms with Crippen LogP contribution < -0.4 is 9.62 Å². The lowest BCUT2D eigenvalue weighted by molar-refractivity contribution is 0.598. The van der Waals surface area contributed by atoms with E-state index in [1.54, 1.807) is 12.1 Å². The highest BCUT2D eigenvalue weighted by molar-refractivity contribution is 7.92. The zero-order chi connectivity index (χ0) is 15.5. The molecule has 0 fully saturated rings.